The molecular weight excluding hydrogens is 180 g/mol. The summed E-state index contributed by atoms with van der Waals surface area (Å²) in [4.78, 5) is 0. The quantitative estimate of drug-likeness (QED) is 0.627. The smallest absolute Gasteiger partial charge is 0.283 e. The van der Waals surface area contributed by atoms with Crippen molar-refractivity contribution in [2.75, 3.05) is 19.8 Å². The molecule has 0 rings (SSSR count). The summed E-state index contributed by atoms with van der Waals surface area (Å²) in [6, 6.07) is 0. The molecule has 0 fully saturated rings. The fourth-order valence-corrected chi connectivity index (χ4v) is 0.630. The van der Waals surface area contributed by atoms with Crippen LogP contribution in [0, 0.1) is 0 Å². The van der Waals surface area contributed by atoms with Gasteiger partial charge in [0.2, 0.25) is 0 Å². The minimum Gasteiger partial charge on any atom is -0.353 e. The van der Waals surface area contributed by atoms with Crippen LogP contribution in [0.25, 0.3) is 0 Å². The lowest BCUT2D eigenvalue weighted by Gasteiger charge is -2.18. The molecule has 0 radical (unpaired) electrons. The average Bonchev–Trinajstić information content (AvgIpc) is 2.11. The first-order valence-corrected chi connectivity index (χ1v) is 4.33. The van der Waals surface area contributed by atoms with Crippen molar-refractivity contribution in [2.24, 2.45) is 5.73 Å². The molecule has 0 aliphatic carbocycles. The van der Waals surface area contributed by atoms with Gasteiger partial charge in [-0.15, -0.1) is 0 Å². The van der Waals surface area contributed by atoms with Crippen LogP contribution in [0.5, 0.6) is 0 Å². The molecule has 3 nitrogen and oxygen atoms in total. The standard InChI is InChI=1S/C8H17F2NO2/c1-3-4-12-7(2)13-6-8(9,10)5-11/h7H,3-6,11H2,1-2H3. The molecule has 0 heterocycles. The highest BCUT2D eigenvalue weighted by atomic mass is 19.3. The van der Waals surface area contributed by atoms with Crippen molar-refractivity contribution in [3.63, 3.8) is 0 Å². The average molecular weight is 197 g/mol. The van der Waals surface area contributed by atoms with Crippen LogP contribution in [0.1, 0.15) is 20.3 Å². The molecule has 0 saturated heterocycles. The molecule has 0 spiro atoms. The predicted octanol–water partition coefficient (Wildman–Crippen LogP) is 1.37. The van der Waals surface area contributed by atoms with E-state index in [4.69, 9.17) is 15.2 Å². The monoisotopic (exact) mass is 197 g/mol. The van der Waals surface area contributed by atoms with E-state index in [0.717, 1.165) is 6.42 Å². The zero-order chi connectivity index (χ0) is 10.3. The van der Waals surface area contributed by atoms with Gasteiger partial charge in [0.05, 0.1) is 6.54 Å². The third kappa shape index (κ3) is 6.86. The molecule has 13 heavy (non-hydrogen) atoms. The fourth-order valence-electron chi connectivity index (χ4n) is 0.630. The molecule has 0 bridgehead atoms. The minimum atomic E-state index is -2.95. The van der Waals surface area contributed by atoms with E-state index >= 15 is 0 Å². The number of ether oxygens (including phenoxy) is 2. The van der Waals surface area contributed by atoms with E-state index in [9.17, 15) is 8.78 Å². The van der Waals surface area contributed by atoms with Crippen molar-refractivity contribution in [2.45, 2.75) is 32.5 Å². The lowest BCUT2D eigenvalue weighted by Crippen LogP contribution is -2.35. The number of alkyl halides is 2. The van der Waals surface area contributed by atoms with Gasteiger partial charge in [0.25, 0.3) is 5.92 Å². The second-order valence-corrected chi connectivity index (χ2v) is 2.81. The molecule has 80 valence electrons. The minimum absolute atomic E-state index is 0.509. The van der Waals surface area contributed by atoms with Gasteiger partial charge in [-0.05, 0) is 13.3 Å². The maximum atomic E-state index is 12.5. The van der Waals surface area contributed by atoms with Gasteiger partial charge in [0.1, 0.15) is 6.61 Å². The van der Waals surface area contributed by atoms with Crippen LogP contribution < -0.4 is 5.73 Å². The Balaban J connectivity index is 3.51. The van der Waals surface area contributed by atoms with Crippen LogP contribution in [0.3, 0.4) is 0 Å². The van der Waals surface area contributed by atoms with Crippen molar-refractivity contribution in [1.82, 2.24) is 0 Å². The van der Waals surface area contributed by atoms with Crippen LogP contribution >= 0.6 is 0 Å². The summed E-state index contributed by atoms with van der Waals surface area (Å²) in [6.45, 7) is 2.64. The number of rotatable bonds is 7. The van der Waals surface area contributed by atoms with Gasteiger partial charge in [-0.2, -0.15) is 0 Å². The van der Waals surface area contributed by atoms with Gasteiger partial charge in [0.15, 0.2) is 6.29 Å². The topological polar surface area (TPSA) is 44.5 Å². The van der Waals surface area contributed by atoms with Crippen LogP contribution in [0.15, 0.2) is 0 Å². The Morgan fingerprint density at radius 2 is 2.00 bits per heavy atom. The van der Waals surface area contributed by atoms with Crippen molar-refractivity contribution < 1.29 is 18.3 Å². The van der Waals surface area contributed by atoms with E-state index in [0.29, 0.717) is 6.61 Å². The Hall–Kier alpha value is -0.260. The number of hydrogen-bond donors (Lipinski definition) is 1. The first-order chi connectivity index (χ1) is 6.02. The largest absolute Gasteiger partial charge is 0.353 e. The Bertz CT molecular complexity index is 133. The van der Waals surface area contributed by atoms with Crippen LogP contribution in [-0.2, 0) is 9.47 Å². The zero-order valence-corrected chi connectivity index (χ0v) is 8.06. The van der Waals surface area contributed by atoms with Gasteiger partial charge >= 0.3 is 0 Å². The molecule has 0 saturated carbocycles. The van der Waals surface area contributed by atoms with Crippen molar-refractivity contribution >= 4 is 0 Å². The normalized spacial score (nSPS) is 14.5. The van der Waals surface area contributed by atoms with Gasteiger partial charge in [-0.3, -0.25) is 0 Å². The van der Waals surface area contributed by atoms with Crippen LogP contribution in [0.4, 0.5) is 8.78 Å². The van der Waals surface area contributed by atoms with Crippen LogP contribution in [-0.4, -0.2) is 32.0 Å². The Labute approximate surface area is 77.2 Å². The number of hydrogen-bond acceptors (Lipinski definition) is 3. The van der Waals surface area contributed by atoms with Gasteiger partial charge in [-0.1, -0.05) is 6.92 Å². The third-order valence-electron chi connectivity index (χ3n) is 1.38. The second-order valence-electron chi connectivity index (χ2n) is 2.81. The second kappa shape index (κ2) is 6.23. The maximum absolute atomic E-state index is 12.5. The van der Waals surface area contributed by atoms with Crippen LogP contribution in [0.2, 0.25) is 0 Å². The van der Waals surface area contributed by atoms with E-state index in [1.54, 1.807) is 6.92 Å². The van der Waals surface area contributed by atoms with Crippen molar-refractivity contribution in [3.8, 4) is 0 Å². The predicted molar refractivity (Wildman–Crippen MR) is 45.7 cm³/mol. The molecule has 0 aromatic heterocycles. The van der Waals surface area contributed by atoms with E-state index in [1.165, 1.54) is 0 Å². The Morgan fingerprint density at radius 3 is 2.46 bits per heavy atom. The van der Waals surface area contributed by atoms with Gasteiger partial charge in [-0.25, -0.2) is 8.78 Å². The lowest BCUT2D eigenvalue weighted by molar-refractivity contribution is -0.175. The zero-order valence-electron chi connectivity index (χ0n) is 8.06. The summed E-state index contributed by atoms with van der Waals surface area (Å²) in [6.07, 6.45) is 0.235. The first kappa shape index (κ1) is 12.7. The SMILES string of the molecule is CCCOC(C)OCC(F)(F)CN. The molecule has 1 atom stereocenters. The van der Waals surface area contributed by atoms with Crippen molar-refractivity contribution in [1.29, 1.82) is 0 Å². The molecule has 0 aliphatic rings. The molecule has 2 N–H and O–H groups in total. The molecule has 0 aromatic carbocycles. The molecule has 5 heteroatoms. The summed E-state index contributed by atoms with van der Waals surface area (Å²) in [7, 11) is 0. The molecule has 0 aliphatic heterocycles. The summed E-state index contributed by atoms with van der Waals surface area (Å²) in [5.74, 6) is -2.95. The Kier molecular flexibility index (Phi) is 6.11. The van der Waals surface area contributed by atoms with Gasteiger partial charge < -0.3 is 15.2 Å². The molecular formula is C8H17F2NO2. The number of halogens is 2. The van der Waals surface area contributed by atoms with E-state index < -0.39 is 25.4 Å². The van der Waals surface area contributed by atoms with E-state index in [-0.39, 0.29) is 0 Å². The van der Waals surface area contributed by atoms with E-state index in [2.05, 4.69) is 0 Å². The molecule has 0 amide bonds. The Morgan fingerprint density at radius 1 is 1.38 bits per heavy atom. The maximum Gasteiger partial charge on any atom is 0.283 e. The first-order valence-electron chi connectivity index (χ1n) is 4.33. The molecule has 0 aromatic rings. The number of nitrogens with two attached hydrogens (primary N) is 1. The summed E-state index contributed by atoms with van der Waals surface area (Å²) in [5, 5.41) is 0. The third-order valence-corrected chi connectivity index (χ3v) is 1.38. The molecule has 1 unspecified atom stereocenters. The van der Waals surface area contributed by atoms with Gasteiger partial charge in [0, 0.05) is 6.61 Å². The van der Waals surface area contributed by atoms with E-state index in [1.807, 2.05) is 6.92 Å². The highest BCUT2D eigenvalue weighted by molar-refractivity contribution is 4.65. The van der Waals surface area contributed by atoms with Crippen molar-refractivity contribution in [3.05, 3.63) is 0 Å². The summed E-state index contributed by atoms with van der Waals surface area (Å²) < 4.78 is 34.8. The highest BCUT2D eigenvalue weighted by Crippen LogP contribution is 2.12. The summed E-state index contributed by atoms with van der Waals surface area (Å²) in [5.41, 5.74) is 4.82. The summed E-state index contributed by atoms with van der Waals surface area (Å²) >= 11 is 0. The fraction of sp³-hybridized carbons (Fsp3) is 1.00. The lowest BCUT2D eigenvalue weighted by atomic mass is 10.4. The highest BCUT2D eigenvalue weighted by Gasteiger charge is 2.27.